The van der Waals surface area contributed by atoms with Crippen LogP contribution in [0.1, 0.15) is 39.5 Å². The lowest BCUT2D eigenvalue weighted by Crippen LogP contribution is -2.41. The van der Waals surface area contributed by atoms with Gasteiger partial charge in [-0.3, -0.25) is 0 Å². The van der Waals surface area contributed by atoms with Crippen LogP contribution in [0, 0.1) is 0 Å². The van der Waals surface area contributed by atoms with Gasteiger partial charge in [-0.05, 0) is 39.8 Å². The van der Waals surface area contributed by atoms with Crippen molar-refractivity contribution >= 4 is 15.9 Å². The van der Waals surface area contributed by atoms with Gasteiger partial charge in [0.2, 0.25) is 0 Å². The van der Waals surface area contributed by atoms with Crippen molar-refractivity contribution in [3.8, 4) is 0 Å². The van der Waals surface area contributed by atoms with Crippen molar-refractivity contribution in [3.63, 3.8) is 0 Å². The molecule has 3 heteroatoms. The van der Waals surface area contributed by atoms with Crippen LogP contribution in [-0.4, -0.2) is 11.2 Å². The highest BCUT2D eigenvalue weighted by Gasteiger charge is 2.49. The Bertz CT molecular complexity index is 383. The third-order valence-corrected chi connectivity index (χ3v) is 3.87. The molecule has 0 unspecified atom stereocenters. The molecule has 1 aliphatic heterocycles. The smallest absolute Gasteiger partial charge is 0.185 e. The van der Waals surface area contributed by atoms with Gasteiger partial charge in [0.15, 0.2) is 6.29 Å². The minimum atomic E-state index is -0.278. The maximum absolute atomic E-state index is 5.96. The van der Waals surface area contributed by atoms with E-state index in [-0.39, 0.29) is 17.5 Å². The second-order valence-corrected chi connectivity index (χ2v) is 6.06. The van der Waals surface area contributed by atoms with Gasteiger partial charge in [0.25, 0.3) is 0 Å². The number of hydrogen-bond donors (Lipinski definition) is 0. The first-order valence-corrected chi connectivity index (χ1v) is 6.22. The molecule has 16 heavy (non-hydrogen) atoms. The van der Waals surface area contributed by atoms with Crippen molar-refractivity contribution in [2.45, 2.75) is 45.2 Å². The van der Waals surface area contributed by atoms with E-state index in [1.165, 1.54) is 0 Å². The number of halogens is 1. The van der Waals surface area contributed by atoms with Crippen molar-refractivity contribution in [3.05, 3.63) is 34.3 Å². The first kappa shape index (κ1) is 12.1. The fourth-order valence-corrected chi connectivity index (χ4v) is 2.05. The summed E-state index contributed by atoms with van der Waals surface area (Å²) in [7, 11) is 0. The molecule has 1 aliphatic rings. The largest absolute Gasteiger partial charge is 0.339 e. The van der Waals surface area contributed by atoms with E-state index in [9.17, 15) is 0 Å². The summed E-state index contributed by atoms with van der Waals surface area (Å²) < 4.78 is 13.0. The molecule has 0 atom stereocenters. The average molecular weight is 285 g/mol. The number of hydrogen-bond acceptors (Lipinski definition) is 2. The highest BCUT2D eigenvalue weighted by atomic mass is 79.9. The van der Waals surface area contributed by atoms with Crippen LogP contribution in [0.15, 0.2) is 28.7 Å². The average Bonchev–Trinajstić information content (AvgIpc) is 2.36. The number of rotatable bonds is 1. The fraction of sp³-hybridized carbons (Fsp3) is 0.538. The van der Waals surface area contributed by atoms with Crippen molar-refractivity contribution in [2.75, 3.05) is 0 Å². The Hall–Kier alpha value is -0.380. The van der Waals surface area contributed by atoms with Crippen molar-refractivity contribution in [1.82, 2.24) is 0 Å². The maximum atomic E-state index is 5.96. The Labute approximate surface area is 105 Å². The van der Waals surface area contributed by atoms with Crippen molar-refractivity contribution in [2.24, 2.45) is 0 Å². The van der Waals surface area contributed by atoms with Gasteiger partial charge in [-0.15, -0.1) is 0 Å². The number of ether oxygens (including phenoxy) is 2. The van der Waals surface area contributed by atoms with Crippen LogP contribution in [0.25, 0.3) is 0 Å². The quantitative estimate of drug-likeness (QED) is 0.775. The Balaban J connectivity index is 2.27. The Morgan fingerprint density at radius 3 is 2.12 bits per heavy atom. The van der Waals surface area contributed by atoms with Gasteiger partial charge in [0.1, 0.15) is 0 Å². The molecule has 2 rings (SSSR count). The zero-order valence-corrected chi connectivity index (χ0v) is 11.7. The summed E-state index contributed by atoms with van der Waals surface area (Å²) in [5.74, 6) is 0. The maximum Gasteiger partial charge on any atom is 0.185 e. The molecule has 0 N–H and O–H groups in total. The summed E-state index contributed by atoms with van der Waals surface area (Å²) in [6.45, 7) is 8.24. The zero-order chi connectivity index (χ0) is 12.0. The highest BCUT2D eigenvalue weighted by molar-refractivity contribution is 9.10. The van der Waals surface area contributed by atoms with E-state index in [1.807, 2.05) is 24.3 Å². The standard InChI is InChI=1S/C13H17BrO2/c1-12(2)13(3,4)16-11(15-12)9-6-5-7-10(14)8-9/h5-8,11H,1-4H3. The van der Waals surface area contributed by atoms with Crippen LogP contribution in [0.3, 0.4) is 0 Å². The van der Waals surface area contributed by atoms with Crippen molar-refractivity contribution in [1.29, 1.82) is 0 Å². The zero-order valence-electron chi connectivity index (χ0n) is 10.1. The molecule has 0 bridgehead atoms. The van der Waals surface area contributed by atoms with Crippen LogP contribution < -0.4 is 0 Å². The van der Waals surface area contributed by atoms with E-state index in [0.717, 1.165) is 10.0 Å². The fourth-order valence-electron chi connectivity index (χ4n) is 1.63. The van der Waals surface area contributed by atoms with Gasteiger partial charge in [0, 0.05) is 10.0 Å². The van der Waals surface area contributed by atoms with E-state index in [2.05, 4.69) is 43.6 Å². The summed E-state index contributed by atoms with van der Waals surface area (Å²) in [5.41, 5.74) is 0.494. The molecular formula is C13H17BrO2. The van der Waals surface area contributed by atoms with Gasteiger partial charge in [0.05, 0.1) is 11.2 Å². The molecule has 1 saturated heterocycles. The van der Waals surface area contributed by atoms with E-state index in [4.69, 9.17) is 9.47 Å². The van der Waals surface area contributed by atoms with E-state index in [1.54, 1.807) is 0 Å². The molecule has 0 radical (unpaired) electrons. The van der Waals surface area contributed by atoms with Gasteiger partial charge < -0.3 is 9.47 Å². The molecule has 1 heterocycles. The van der Waals surface area contributed by atoms with Gasteiger partial charge in [-0.25, -0.2) is 0 Å². The summed E-state index contributed by atoms with van der Waals surface area (Å²) in [6, 6.07) is 8.04. The molecule has 2 nitrogen and oxygen atoms in total. The van der Waals surface area contributed by atoms with Crippen LogP contribution in [-0.2, 0) is 9.47 Å². The monoisotopic (exact) mass is 284 g/mol. The first-order chi connectivity index (χ1) is 7.32. The first-order valence-electron chi connectivity index (χ1n) is 5.43. The van der Waals surface area contributed by atoms with Gasteiger partial charge >= 0.3 is 0 Å². The Morgan fingerprint density at radius 1 is 1.06 bits per heavy atom. The summed E-state index contributed by atoms with van der Waals surface area (Å²) in [6.07, 6.45) is -0.275. The molecule has 1 aromatic carbocycles. The minimum Gasteiger partial charge on any atom is -0.339 e. The SMILES string of the molecule is CC1(C)OC(c2cccc(Br)c2)OC1(C)C. The third kappa shape index (κ3) is 2.04. The van der Waals surface area contributed by atoms with E-state index < -0.39 is 0 Å². The van der Waals surface area contributed by atoms with E-state index in [0.29, 0.717) is 0 Å². The number of benzene rings is 1. The summed E-state index contributed by atoms with van der Waals surface area (Å²) in [4.78, 5) is 0. The van der Waals surface area contributed by atoms with Crippen LogP contribution in [0.4, 0.5) is 0 Å². The van der Waals surface area contributed by atoms with Crippen LogP contribution in [0.2, 0.25) is 0 Å². The molecular weight excluding hydrogens is 268 g/mol. The lowest BCUT2D eigenvalue weighted by atomic mass is 9.90. The predicted octanol–water partition coefficient (Wildman–Crippen LogP) is 4.05. The van der Waals surface area contributed by atoms with Crippen molar-refractivity contribution < 1.29 is 9.47 Å². The van der Waals surface area contributed by atoms with Crippen LogP contribution in [0.5, 0.6) is 0 Å². The molecule has 0 saturated carbocycles. The lowest BCUT2D eigenvalue weighted by Gasteiger charge is -2.30. The minimum absolute atomic E-state index is 0.275. The molecule has 0 amide bonds. The normalized spacial score (nSPS) is 23.6. The second kappa shape index (κ2) is 3.83. The van der Waals surface area contributed by atoms with Gasteiger partial charge in [-0.1, -0.05) is 28.1 Å². The lowest BCUT2D eigenvalue weighted by molar-refractivity contribution is -0.0896. The molecule has 0 spiro atoms. The second-order valence-electron chi connectivity index (χ2n) is 5.14. The van der Waals surface area contributed by atoms with Crippen LogP contribution >= 0.6 is 15.9 Å². The summed E-state index contributed by atoms with van der Waals surface area (Å²) >= 11 is 3.46. The molecule has 0 aliphatic carbocycles. The Kier molecular flexibility index (Phi) is 2.89. The molecule has 1 aromatic rings. The predicted molar refractivity (Wildman–Crippen MR) is 67.2 cm³/mol. The molecule has 88 valence electrons. The molecule has 1 fully saturated rings. The Morgan fingerprint density at radius 2 is 1.62 bits per heavy atom. The third-order valence-electron chi connectivity index (χ3n) is 3.37. The summed E-state index contributed by atoms with van der Waals surface area (Å²) in [5, 5.41) is 0. The topological polar surface area (TPSA) is 18.5 Å². The highest BCUT2D eigenvalue weighted by Crippen LogP contribution is 2.44. The van der Waals surface area contributed by atoms with Gasteiger partial charge in [-0.2, -0.15) is 0 Å². The van der Waals surface area contributed by atoms with E-state index >= 15 is 0 Å². The molecule has 0 aromatic heterocycles.